The fraction of sp³-hybridized carbons (Fsp3) is 0.292. The zero-order chi connectivity index (χ0) is 21.9. The van der Waals surface area contributed by atoms with E-state index in [1.807, 2.05) is 31.2 Å². The third-order valence-electron chi connectivity index (χ3n) is 4.33. The smallest absolute Gasteiger partial charge is 0.310 e. The molecule has 0 amide bonds. The number of aromatic nitrogens is 2. The van der Waals surface area contributed by atoms with Crippen molar-refractivity contribution in [3.05, 3.63) is 99.0 Å². The van der Waals surface area contributed by atoms with Gasteiger partial charge in [0.15, 0.2) is 0 Å². The van der Waals surface area contributed by atoms with Gasteiger partial charge in [-0.2, -0.15) is 5.10 Å². The van der Waals surface area contributed by atoms with Crippen molar-refractivity contribution >= 4 is 5.97 Å². The van der Waals surface area contributed by atoms with Gasteiger partial charge >= 0.3 is 5.97 Å². The average Bonchev–Trinajstić information content (AvgIpc) is 2.72. The van der Waals surface area contributed by atoms with Crippen LogP contribution < -0.4 is 11.3 Å². The van der Waals surface area contributed by atoms with E-state index < -0.39 is 0 Å². The Labute approximate surface area is 177 Å². The second-order valence-corrected chi connectivity index (χ2v) is 6.96. The zero-order valence-electron chi connectivity index (χ0n) is 17.8. The number of ether oxygens (including phenoxy) is 1. The van der Waals surface area contributed by atoms with E-state index in [0.29, 0.717) is 19.7 Å². The third-order valence-corrected chi connectivity index (χ3v) is 4.33. The molecule has 0 aliphatic heterocycles. The number of aryl methyl sites for hydroxylation is 2. The second-order valence-electron chi connectivity index (χ2n) is 6.96. The molecule has 0 spiro atoms. The molecular formula is C24H29N3O3. The van der Waals surface area contributed by atoms with E-state index >= 15 is 0 Å². The summed E-state index contributed by atoms with van der Waals surface area (Å²) in [6.07, 6.45) is 0.234. The highest BCUT2D eigenvalue weighted by Gasteiger charge is 2.06. The first-order chi connectivity index (χ1) is 14.4. The first-order valence-corrected chi connectivity index (χ1v) is 9.95. The molecule has 2 N–H and O–H groups in total. The molecule has 2 aromatic carbocycles. The van der Waals surface area contributed by atoms with Gasteiger partial charge in [-0.3, -0.25) is 9.59 Å². The summed E-state index contributed by atoms with van der Waals surface area (Å²) in [5, 5.41) is 4.20. The Morgan fingerprint density at radius 3 is 2.37 bits per heavy atom. The Kier molecular flexibility index (Phi) is 8.97. The van der Waals surface area contributed by atoms with Crippen molar-refractivity contribution < 1.29 is 9.53 Å². The van der Waals surface area contributed by atoms with Crippen LogP contribution in [0.15, 0.2) is 65.5 Å². The van der Waals surface area contributed by atoms with E-state index in [-0.39, 0.29) is 17.9 Å². The molecule has 0 fully saturated rings. The first kappa shape index (κ1) is 23.0. The van der Waals surface area contributed by atoms with E-state index in [1.54, 1.807) is 13.0 Å². The van der Waals surface area contributed by atoms with Crippen molar-refractivity contribution in [2.45, 2.75) is 40.3 Å². The van der Waals surface area contributed by atoms with E-state index in [2.05, 4.69) is 36.3 Å². The summed E-state index contributed by atoms with van der Waals surface area (Å²) in [6, 6.07) is 19.0. The van der Waals surface area contributed by atoms with E-state index in [4.69, 9.17) is 10.5 Å². The lowest BCUT2D eigenvalue weighted by Gasteiger charge is -2.07. The zero-order valence-corrected chi connectivity index (χ0v) is 17.8. The number of carbonyl (C=O) groups is 1. The topological polar surface area (TPSA) is 87.2 Å². The van der Waals surface area contributed by atoms with Gasteiger partial charge < -0.3 is 10.5 Å². The highest BCUT2D eigenvalue weighted by molar-refractivity contribution is 5.72. The fourth-order valence-corrected chi connectivity index (χ4v) is 2.78. The van der Waals surface area contributed by atoms with Crippen molar-refractivity contribution in [2.75, 3.05) is 6.61 Å². The molecular weight excluding hydrogens is 378 g/mol. The molecule has 0 unspecified atom stereocenters. The first-order valence-electron chi connectivity index (χ1n) is 9.95. The summed E-state index contributed by atoms with van der Waals surface area (Å²) >= 11 is 0. The molecule has 0 aliphatic carbocycles. The summed E-state index contributed by atoms with van der Waals surface area (Å²) in [5.41, 5.74) is 10.3. The van der Waals surface area contributed by atoms with Crippen LogP contribution in [0, 0.1) is 13.8 Å². The number of hydrogen-bond acceptors (Lipinski definition) is 5. The SMILES string of the molecule is CCOC(=O)Cc1cccc(Cn2nc(C)ccc2=O)c1.Cc1ccc(CN)cc1. The fourth-order valence-electron chi connectivity index (χ4n) is 2.78. The van der Waals surface area contributed by atoms with Crippen LogP contribution in [0.25, 0.3) is 0 Å². The molecule has 6 nitrogen and oxygen atoms in total. The van der Waals surface area contributed by atoms with Crippen LogP contribution in [-0.4, -0.2) is 22.4 Å². The van der Waals surface area contributed by atoms with Crippen LogP contribution in [0.2, 0.25) is 0 Å². The number of nitrogens with zero attached hydrogens (tertiary/aromatic N) is 2. The Hall–Kier alpha value is -3.25. The van der Waals surface area contributed by atoms with Crippen molar-refractivity contribution in [3.8, 4) is 0 Å². The van der Waals surface area contributed by atoms with Crippen molar-refractivity contribution in [1.82, 2.24) is 9.78 Å². The quantitative estimate of drug-likeness (QED) is 0.634. The van der Waals surface area contributed by atoms with Gasteiger partial charge in [0.2, 0.25) is 0 Å². The van der Waals surface area contributed by atoms with Crippen LogP contribution in [0.5, 0.6) is 0 Å². The van der Waals surface area contributed by atoms with Crippen molar-refractivity contribution in [3.63, 3.8) is 0 Å². The number of carbonyl (C=O) groups excluding carboxylic acids is 1. The molecule has 3 rings (SSSR count). The third kappa shape index (κ3) is 7.64. The van der Waals surface area contributed by atoms with E-state index in [1.165, 1.54) is 21.9 Å². The summed E-state index contributed by atoms with van der Waals surface area (Å²) in [4.78, 5) is 23.2. The summed E-state index contributed by atoms with van der Waals surface area (Å²) in [5.74, 6) is -0.250. The van der Waals surface area contributed by atoms with Crippen LogP contribution in [0.3, 0.4) is 0 Å². The van der Waals surface area contributed by atoms with Gasteiger partial charge in [-0.15, -0.1) is 0 Å². The maximum absolute atomic E-state index is 11.7. The molecule has 0 saturated heterocycles. The van der Waals surface area contributed by atoms with Gasteiger partial charge in [0.25, 0.3) is 5.56 Å². The molecule has 0 saturated carbocycles. The molecule has 3 aromatic rings. The lowest BCUT2D eigenvalue weighted by atomic mass is 10.1. The largest absolute Gasteiger partial charge is 0.466 e. The number of hydrogen-bond donors (Lipinski definition) is 1. The Morgan fingerprint density at radius 2 is 1.70 bits per heavy atom. The van der Waals surface area contributed by atoms with Gasteiger partial charge in [-0.05, 0) is 43.5 Å². The molecule has 0 aliphatic rings. The lowest BCUT2D eigenvalue weighted by Crippen LogP contribution is -2.23. The Morgan fingerprint density at radius 1 is 1.00 bits per heavy atom. The van der Waals surface area contributed by atoms with Gasteiger partial charge in [0.1, 0.15) is 0 Å². The number of benzene rings is 2. The minimum atomic E-state index is -0.250. The normalized spacial score (nSPS) is 10.1. The average molecular weight is 408 g/mol. The number of esters is 1. The number of nitrogens with two attached hydrogens (primary N) is 1. The number of rotatable bonds is 6. The monoisotopic (exact) mass is 407 g/mol. The second kappa shape index (κ2) is 11.7. The van der Waals surface area contributed by atoms with Gasteiger partial charge in [-0.25, -0.2) is 4.68 Å². The summed E-state index contributed by atoms with van der Waals surface area (Å²) < 4.78 is 6.35. The molecule has 1 heterocycles. The van der Waals surface area contributed by atoms with E-state index in [0.717, 1.165) is 16.8 Å². The standard InChI is InChI=1S/C16H18N2O3.C8H11N/c1-3-21-16(20)10-13-5-4-6-14(9-13)11-18-15(19)8-7-12(2)17-18;1-7-2-4-8(6-9)5-3-7/h4-9H,3,10-11H2,1-2H3;2-5H,6,9H2,1H3. The minimum absolute atomic E-state index is 0.142. The van der Waals surface area contributed by atoms with Crippen molar-refractivity contribution in [1.29, 1.82) is 0 Å². The molecule has 0 bridgehead atoms. The van der Waals surface area contributed by atoms with E-state index in [9.17, 15) is 9.59 Å². The maximum atomic E-state index is 11.7. The van der Waals surface area contributed by atoms with Crippen LogP contribution in [0.1, 0.15) is 34.9 Å². The van der Waals surface area contributed by atoms with Gasteiger partial charge in [-0.1, -0.05) is 54.1 Å². The van der Waals surface area contributed by atoms with Crippen LogP contribution >= 0.6 is 0 Å². The maximum Gasteiger partial charge on any atom is 0.310 e. The summed E-state index contributed by atoms with van der Waals surface area (Å²) in [6.45, 7) is 7.09. The Bertz CT molecular complexity index is 1010. The van der Waals surface area contributed by atoms with Crippen LogP contribution in [-0.2, 0) is 29.0 Å². The van der Waals surface area contributed by atoms with Crippen molar-refractivity contribution in [2.24, 2.45) is 5.73 Å². The molecule has 0 radical (unpaired) electrons. The molecule has 0 atom stereocenters. The molecule has 1 aromatic heterocycles. The predicted octanol–water partition coefficient (Wildman–Crippen LogP) is 3.16. The Balaban J connectivity index is 0.000000297. The minimum Gasteiger partial charge on any atom is -0.466 e. The van der Waals surface area contributed by atoms with Crippen LogP contribution in [0.4, 0.5) is 0 Å². The molecule has 158 valence electrons. The highest BCUT2D eigenvalue weighted by Crippen LogP contribution is 2.08. The molecule has 6 heteroatoms. The highest BCUT2D eigenvalue weighted by atomic mass is 16.5. The van der Waals surface area contributed by atoms with Gasteiger partial charge in [0.05, 0.1) is 25.3 Å². The van der Waals surface area contributed by atoms with Gasteiger partial charge in [0, 0.05) is 12.6 Å². The lowest BCUT2D eigenvalue weighted by molar-refractivity contribution is -0.142. The summed E-state index contributed by atoms with van der Waals surface area (Å²) in [7, 11) is 0. The molecule has 30 heavy (non-hydrogen) atoms. The predicted molar refractivity (Wildman–Crippen MR) is 118 cm³/mol.